The van der Waals surface area contributed by atoms with E-state index in [2.05, 4.69) is 142 Å². The van der Waals surface area contributed by atoms with E-state index in [0.717, 1.165) is 51.5 Å². The molecule has 1 aliphatic heterocycles. The van der Waals surface area contributed by atoms with Crippen molar-refractivity contribution in [2.75, 3.05) is 0 Å². The molecule has 2 aromatic heterocycles. The molecule has 0 saturated heterocycles. The Morgan fingerprint density at radius 3 is 2.02 bits per heavy atom. The lowest BCUT2D eigenvalue weighted by Gasteiger charge is -2.20. The summed E-state index contributed by atoms with van der Waals surface area (Å²) in [6, 6.07) is 49.2. The summed E-state index contributed by atoms with van der Waals surface area (Å²) in [5.41, 5.74) is 10.3. The molecular formula is C45H32N4O. The fourth-order valence-corrected chi connectivity index (χ4v) is 8.10. The van der Waals surface area contributed by atoms with Gasteiger partial charge in [0.2, 0.25) is 0 Å². The summed E-state index contributed by atoms with van der Waals surface area (Å²) in [4.78, 5) is 9.17. The SMILES string of the molecule is C=N/C(=N\Cc1cccc2c1C1CC=CC(n3c4ccccc4c4cc5c(cc43)c3ccccc3n5-c3ccccc3)=C1O2)c1ccccc1. The molecule has 0 radical (unpaired) electrons. The lowest BCUT2D eigenvalue weighted by atomic mass is 9.88. The molecule has 3 heterocycles. The molecule has 0 amide bonds. The van der Waals surface area contributed by atoms with E-state index < -0.39 is 0 Å². The van der Waals surface area contributed by atoms with E-state index in [1.54, 1.807) is 0 Å². The summed E-state index contributed by atoms with van der Waals surface area (Å²) >= 11 is 0. The zero-order valence-electron chi connectivity index (χ0n) is 27.3. The van der Waals surface area contributed by atoms with Crippen LogP contribution < -0.4 is 4.74 Å². The maximum Gasteiger partial charge on any atom is 0.154 e. The van der Waals surface area contributed by atoms with Gasteiger partial charge in [0.15, 0.2) is 5.84 Å². The molecule has 0 spiro atoms. The number of ether oxygens (including phenoxy) is 1. The number of hydrogen-bond donors (Lipinski definition) is 0. The van der Waals surface area contributed by atoms with Crippen LogP contribution in [0.25, 0.3) is 55.0 Å². The van der Waals surface area contributed by atoms with Crippen LogP contribution in [0.15, 0.2) is 167 Å². The molecule has 5 nitrogen and oxygen atoms in total. The van der Waals surface area contributed by atoms with Gasteiger partial charge in [0.25, 0.3) is 0 Å². The zero-order valence-corrected chi connectivity index (χ0v) is 27.3. The van der Waals surface area contributed by atoms with Crippen LogP contribution >= 0.6 is 0 Å². The quantitative estimate of drug-likeness (QED) is 0.136. The van der Waals surface area contributed by atoms with Gasteiger partial charge in [-0.1, -0.05) is 103 Å². The minimum absolute atomic E-state index is 0.0909. The Kier molecular flexibility index (Phi) is 6.46. The highest BCUT2D eigenvalue weighted by Crippen LogP contribution is 2.50. The smallest absolute Gasteiger partial charge is 0.154 e. The number of hydrogen-bond acceptors (Lipinski definition) is 2. The van der Waals surface area contributed by atoms with Gasteiger partial charge in [-0.25, -0.2) is 4.99 Å². The van der Waals surface area contributed by atoms with Gasteiger partial charge >= 0.3 is 0 Å². The molecular weight excluding hydrogens is 613 g/mol. The first kappa shape index (κ1) is 28.5. The van der Waals surface area contributed by atoms with Gasteiger partial charge in [-0.3, -0.25) is 4.99 Å². The van der Waals surface area contributed by atoms with E-state index in [1.807, 2.05) is 30.3 Å². The lowest BCUT2D eigenvalue weighted by Crippen LogP contribution is -2.10. The third-order valence-corrected chi connectivity index (χ3v) is 10.2. The lowest BCUT2D eigenvalue weighted by molar-refractivity contribution is 0.426. The van der Waals surface area contributed by atoms with Crippen LogP contribution in [0.1, 0.15) is 29.0 Å². The van der Waals surface area contributed by atoms with Crippen LogP contribution in [-0.4, -0.2) is 21.7 Å². The van der Waals surface area contributed by atoms with Crippen LogP contribution in [0.5, 0.6) is 5.75 Å². The summed E-state index contributed by atoms with van der Waals surface area (Å²) in [6.45, 7) is 4.30. The van der Waals surface area contributed by atoms with Crippen LogP contribution in [0.3, 0.4) is 0 Å². The average Bonchev–Trinajstić information content (AvgIpc) is 3.83. The van der Waals surface area contributed by atoms with Gasteiger partial charge in [0.1, 0.15) is 11.5 Å². The van der Waals surface area contributed by atoms with E-state index >= 15 is 0 Å². The second-order valence-corrected chi connectivity index (χ2v) is 13.0. The van der Waals surface area contributed by atoms with Crippen molar-refractivity contribution in [2.45, 2.75) is 18.9 Å². The Hall–Kier alpha value is -6.46. The van der Waals surface area contributed by atoms with Crippen molar-refractivity contribution in [1.82, 2.24) is 9.13 Å². The normalized spacial score (nSPS) is 15.6. The van der Waals surface area contributed by atoms with Gasteiger partial charge < -0.3 is 13.9 Å². The summed E-state index contributed by atoms with van der Waals surface area (Å²) in [7, 11) is 0. The van der Waals surface area contributed by atoms with Crippen LogP contribution in [0.4, 0.5) is 0 Å². The second-order valence-electron chi connectivity index (χ2n) is 13.0. The maximum absolute atomic E-state index is 6.84. The van der Waals surface area contributed by atoms with Crippen molar-refractivity contribution in [3.05, 3.63) is 174 Å². The maximum atomic E-state index is 6.84. The predicted molar refractivity (Wildman–Crippen MR) is 207 cm³/mol. The number of aromatic nitrogens is 2. The molecule has 0 fully saturated rings. The number of fused-ring (bicyclic) bond motifs is 9. The van der Waals surface area contributed by atoms with E-state index in [-0.39, 0.29) is 5.92 Å². The molecule has 238 valence electrons. The number of allylic oxidation sites excluding steroid dienone is 4. The molecule has 8 aromatic rings. The number of benzene rings is 6. The van der Waals surface area contributed by atoms with Gasteiger partial charge in [0.05, 0.1) is 40.2 Å². The second kappa shape index (κ2) is 11.3. The van der Waals surface area contributed by atoms with Gasteiger partial charge in [0, 0.05) is 38.4 Å². The minimum atomic E-state index is 0.0909. The van der Waals surface area contributed by atoms with Gasteiger partial charge in [-0.2, -0.15) is 0 Å². The molecule has 5 heteroatoms. The predicted octanol–water partition coefficient (Wildman–Crippen LogP) is 10.8. The number of amidine groups is 1. The third-order valence-electron chi connectivity index (χ3n) is 10.2. The molecule has 0 bridgehead atoms. The molecule has 0 N–H and O–H groups in total. The first-order valence-corrected chi connectivity index (χ1v) is 17.1. The van der Waals surface area contributed by atoms with E-state index in [0.29, 0.717) is 12.4 Å². The van der Waals surface area contributed by atoms with Crippen molar-refractivity contribution in [2.24, 2.45) is 9.98 Å². The monoisotopic (exact) mass is 644 g/mol. The van der Waals surface area contributed by atoms with Crippen molar-refractivity contribution < 1.29 is 4.74 Å². The Balaban J connectivity index is 1.17. The van der Waals surface area contributed by atoms with Gasteiger partial charge in [-0.15, -0.1) is 0 Å². The zero-order chi connectivity index (χ0) is 33.2. The highest BCUT2D eigenvalue weighted by atomic mass is 16.5. The summed E-state index contributed by atoms with van der Waals surface area (Å²) < 4.78 is 11.6. The molecule has 1 atom stereocenters. The molecule has 6 aromatic carbocycles. The minimum Gasteiger partial charge on any atom is -0.459 e. The Morgan fingerprint density at radius 2 is 1.30 bits per heavy atom. The van der Waals surface area contributed by atoms with Crippen LogP contribution in [0.2, 0.25) is 0 Å². The van der Waals surface area contributed by atoms with Crippen molar-refractivity contribution in [3.63, 3.8) is 0 Å². The highest BCUT2D eigenvalue weighted by molar-refractivity contribution is 6.19. The van der Waals surface area contributed by atoms with Crippen LogP contribution in [-0.2, 0) is 6.54 Å². The first-order valence-electron chi connectivity index (χ1n) is 17.1. The molecule has 10 rings (SSSR count). The Morgan fingerprint density at radius 1 is 0.660 bits per heavy atom. The number of nitrogens with zero attached hydrogens (tertiary/aromatic N) is 4. The number of para-hydroxylation sites is 3. The summed E-state index contributed by atoms with van der Waals surface area (Å²) in [5, 5.41) is 4.89. The number of rotatable bonds is 5. The van der Waals surface area contributed by atoms with Gasteiger partial charge in [-0.05, 0) is 67.2 Å². The van der Waals surface area contributed by atoms with Crippen molar-refractivity contribution >= 4 is 61.9 Å². The molecule has 0 saturated carbocycles. The number of aliphatic imine (C=N–C) groups is 2. The summed E-state index contributed by atoms with van der Waals surface area (Å²) in [5.74, 6) is 2.62. The van der Waals surface area contributed by atoms with Crippen LogP contribution in [0, 0.1) is 0 Å². The third kappa shape index (κ3) is 4.26. The molecule has 2 aliphatic rings. The van der Waals surface area contributed by atoms with Crippen molar-refractivity contribution in [1.29, 1.82) is 0 Å². The Labute approximate surface area is 289 Å². The topological polar surface area (TPSA) is 43.8 Å². The summed E-state index contributed by atoms with van der Waals surface area (Å²) in [6.07, 6.45) is 5.40. The fraction of sp³-hybridized carbons (Fsp3) is 0.0667. The molecule has 1 aliphatic carbocycles. The molecule has 1 unspecified atom stereocenters. The standard InChI is InChI=1S/C45H32N4O/c1-46-45(29-14-4-2-5-15-29)47-28-30-16-12-25-42-43(30)34-21-13-24-39(44(34)50-42)49-38-23-11-9-20-33(38)36-26-40-35(27-41(36)49)32-19-8-10-22-37(32)48(40)31-17-6-3-7-18-31/h2-20,22-27,34H,1,21,28H2/b47-45-. The largest absolute Gasteiger partial charge is 0.459 e. The highest BCUT2D eigenvalue weighted by Gasteiger charge is 2.36. The molecule has 50 heavy (non-hydrogen) atoms. The van der Waals surface area contributed by atoms with Crippen molar-refractivity contribution in [3.8, 4) is 11.4 Å². The fourth-order valence-electron chi connectivity index (χ4n) is 8.10. The van der Waals surface area contributed by atoms with E-state index in [1.165, 1.54) is 38.1 Å². The van der Waals surface area contributed by atoms with E-state index in [4.69, 9.17) is 9.73 Å². The van der Waals surface area contributed by atoms with E-state index in [9.17, 15) is 0 Å². The average molecular weight is 645 g/mol. The Bertz CT molecular complexity index is 2750. The first-order chi connectivity index (χ1) is 24.8.